The molecule has 1 heterocycles. The Kier molecular flexibility index (Phi) is 5.67. The molecule has 140 valence electrons. The van der Waals surface area contributed by atoms with Crippen molar-refractivity contribution in [1.82, 2.24) is 14.8 Å². The molecule has 0 aliphatic heterocycles. The van der Waals surface area contributed by atoms with Gasteiger partial charge in [0.05, 0.1) is 0 Å². The summed E-state index contributed by atoms with van der Waals surface area (Å²) in [5, 5.41) is 10.7. The van der Waals surface area contributed by atoms with Crippen LogP contribution in [0.4, 0.5) is 4.39 Å². The van der Waals surface area contributed by atoms with E-state index in [9.17, 15) is 4.39 Å². The molecule has 0 radical (unpaired) electrons. The van der Waals surface area contributed by atoms with Crippen molar-refractivity contribution < 1.29 is 4.39 Å². The van der Waals surface area contributed by atoms with Crippen LogP contribution in [0.2, 0.25) is 10.0 Å². The summed E-state index contributed by atoms with van der Waals surface area (Å²) in [6, 6.07) is 21.5. The minimum Gasteiger partial charge on any atom is -0.270 e. The number of hydrogen-bond donors (Lipinski definition) is 0. The number of aromatic nitrogens is 3. The maximum atomic E-state index is 13.3. The van der Waals surface area contributed by atoms with Crippen LogP contribution in [0.3, 0.4) is 0 Å². The Hall–Kier alpha value is -2.34. The molecule has 1 aromatic heterocycles. The van der Waals surface area contributed by atoms with Gasteiger partial charge in [-0.05, 0) is 54.1 Å². The second-order valence-electron chi connectivity index (χ2n) is 6.01. The lowest BCUT2D eigenvalue weighted by Crippen LogP contribution is -1.99. The Bertz CT molecular complexity index is 1100. The molecule has 4 rings (SSSR count). The zero-order valence-corrected chi connectivity index (χ0v) is 16.8. The first-order valence-corrected chi connectivity index (χ1v) is 10.2. The van der Waals surface area contributed by atoms with Crippen molar-refractivity contribution in [3.05, 3.63) is 94.2 Å². The summed E-state index contributed by atoms with van der Waals surface area (Å²) in [6.45, 7) is 0. The van der Waals surface area contributed by atoms with E-state index in [4.69, 9.17) is 23.2 Å². The van der Waals surface area contributed by atoms with Crippen molar-refractivity contribution in [3.8, 4) is 17.1 Å². The SMILES string of the molecule is Fc1ccc(-c2nnc(SCc3ccc(Cl)cc3Cl)n2-c2ccccc2)cc1. The van der Waals surface area contributed by atoms with E-state index in [-0.39, 0.29) is 5.82 Å². The highest BCUT2D eigenvalue weighted by molar-refractivity contribution is 7.98. The van der Waals surface area contributed by atoms with Crippen LogP contribution < -0.4 is 0 Å². The van der Waals surface area contributed by atoms with Gasteiger partial charge >= 0.3 is 0 Å². The third kappa shape index (κ3) is 4.07. The molecule has 7 heteroatoms. The number of nitrogens with zero attached hydrogens (tertiary/aromatic N) is 3. The standard InChI is InChI=1S/C21H14Cl2FN3S/c22-16-9-6-15(19(23)12-16)13-28-21-26-25-20(14-7-10-17(24)11-8-14)27(21)18-4-2-1-3-5-18/h1-12H,13H2. The predicted octanol–water partition coefficient (Wildman–Crippen LogP) is 6.67. The van der Waals surface area contributed by atoms with Crippen molar-refractivity contribution in [1.29, 1.82) is 0 Å². The zero-order valence-electron chi connectivity index (χ0n) is 14.5. The van der Waals surface area contributed by atoms with Crippen LogP contribution in [0.25, 0.3) is 17.1 Å². The van der Waals surface area contributed by atoms with Crippen LogP contribution in [0, 0.1) is 5.82 Å². The molecule has 3 aromatic carbocycles. The van der Waals surface area contributed by atoms with Crippen molar-refractivity contribution in [3.63, 3.8) is 0 Å². The normalized spacial score (nSPS) is 11.0. The molecule has 0 fully saturated rings. The van der Waals surface area contributed by atoms with Crippen LogP contribution in [0.15, 0.2) is 78.0 Å². The molecule has 0 spiro atoms. The topological polar surface area (TPSA) is 30.7 Å². The van der Waals surface area contributed by atoms with Crippen molar-refractivity contribution in [2.75, 3.05) is 0 Å². The molecule has 0 amide bonds. The molecule has 0 bridgehead atoms. The highest BCUT2D eigenvalue weighted by Crippen LogP contribution is 2.32. The average Bonchev–Trinajstić information content (AvgIpc) is 3.12. The van der Waals surface area contributed by atoms with Crippen LogP contribution in [0.1, 0.15) is 5.56 Å². The summed E-state index contributed by atoms with van der Waals surface area (Å²) in [4.78, 5) is 0. The quantitative estimate of drug-likeness (QED) is 0.331. The first-order chi connectivity index (χ1) is 13.6. The highest BCUT2D eigenvalue weighted by atomic mass is 35.5. The molecule has 28 heavy (non-hydrogen) atoms. The van der Waals surface area contributed by atoms with Gasteiger partial charge in [-0.2, -0.15) is 0 Å². The zero-order chi connectivity index (χ0) is 19.5. The largest absolute Gasteiger partial charge is 0.270 e. The van der Waals surface area contributed by atoms with E-state index in [1.807, 2.05) is 47.0 Å². The molecule has 0 atom stereocenters. The number of halogens is 3. The maximum absolute atomic E-state index is 13.3. The summed E-state index contributed by atoms with van der Waals surface area (Å²) in [5.41, 5.74) is 2.67. The monoisotopic (exact) mass is 429 g/mol. The Morgan fingerprint density at radius 2 is 1.64 bits per heavy atom. The lowest BCUT2D eigenvalue weighted by atomic mass is 10.2. The van der Waals surface area contributed by atoms with E-state index < -0.39 is 0 Å². The summed E-state index contributed by atoms with van der Waals surface area (Å²) in [6.07, 6.45) is 0. The van der Waals surface area contributed by atoms with Crippen LogP contribution in [-0.4, -0.2) is 14.8 Å². The molecule has 0 aliphatic carbocycles. The smallest absolute Gasteiger partial charge is 0.196 e. The third-order valence-corrected chi connectivity index (χ3v) is 5.69. The molecule has 4 aromatic rings. The molecule has 0 aliphatic rings. The van der Waals surface area contributed by atoms with Crippen molar-refractivity contribution in [2.24, 2.45) is 0 Å². The second-order valence-corrected chi connectivity index (χ2v) is 7.79. The van der Waals surface area contributed by atoms with Gasteiger partial charge in [0, 0.05) is 27.0 Å². The highest BCUT2D eigenvalue weighted by Gasteiger charge is 2.16. The van der Waals surface area contributed by atoms with Crippen LogP contribution in [-0.2, 0) is 5.75 Å². The van der Waals surface area contributed by atoms with E-state index >= 15 is 0 Å². The van der Waals surface area contributed by atoms with Gasteiger partial charge in [0.25, 0.3) is 0 Å². The van der Waals surface area contributed by atoms with E-state index in [0.29, 0.717) is 21.6 Å². The van der Waals surface area contributed by atoms with Gasteiger partial charge in [0.2, 0.25) is 0 Å². The Balaban J connectivity index is 1.72. The number of thioether (sulfide) groups is 1. The van der Waals surface area contributed by atoms with Gasteiger partial charge in [-0.25, -0.2) is 4.39 Å². The lowest BCUT2D eigenvalue weighted by molar-refractivity contribution is 0.628. The summed E-state index contributed by atoms with van der Waals surface area (Å²) in [7, 11) is 0. The fraction of sp³-hybridized carbons (Fsp3) is 0.0476. The molecule has 3 nitrogen and oxygen atoms in total. The summed E-state index contributed by atoms with van der Waals surface area (Å²) >= 11 is 13.8. The predicted molar refractivity (Wildman–Crippen MR) is 113 cm³/mol. The van der Waals surface area contributed by atoms with Gasteiger partial charge in [-0.15, -0.1) is 10.2 Å². The fourth-order valence-electron chi connectivity index (χ4n) is 2.74. The van der Waals surface area contributed by atoms with Gasteiger partial charge in [0.1, 0.15) is 5.82 Å². The number of para-hydroxylation sites is 1. The molecule has 0 N–H and O–H groups in total. The lowest BCUT2D eigenvalue weighted by Gasteiger charge is -2.11. The molecule has 0 unspecified atom stereocenters. The number of benzene rings is 3. The van der Waals surface area contributed by atoms with Gasteiger partial charge in [-0.1, -0.05) is 59.2 Å². The first kappa shape index (κ1) is 19.0. The molecular formula is C21H14Cl2FN3S. The maximum Gasteiger partial charge on any atom is 0.196 e. The Labute approximate surface area is 176 Å². The first-order valence-electron chi connectivity index (χ1n) is 8.45. The summed E-state index contributed by atoms with van der Waals surface area (Å²) in [5.74, 6) is 0.974. The van der Waals surface area contributed by atoms with Crippen LogP contribution >= 0.6 is 35.0 Å². The van der Waals surface area contributed by atoms with Gasteiger partial charge in [-0.3, -0.25) is 4.57 Å². The van der Waals surface area contributed by atoms with E-state index in [0.717, 1.165) is 22.0 Å². The minimum atomic E-state index is -0.290. The van der Waals surface area contributed by atoms with Gasteiger partial charge < -0.3 is 0 Å². The number of rotatable bonds is 5. The Morgan fingerprint density at radius 3 is 2.36 bits per heavy atom. The van der Waals surface area contributed by atoms with E-state index in [1.165, 1.54) is 23.9 Å². The third-order valence-electron chi connectivity index (χ3n) is 4.12. The van der Waals surface area contributed by atoms with Crippen LogP contribution in [0.5, 0.6) is 0 Å². The fourth-order valence-corrected chi connectivity index (χ4v) is 4.25. The molecular weight excluding hydrogens is 416 g/mol. The Morgan fingerprint density at radius 1 is 0.893 bits per heavy atom. The van der Waals surface area contributed by atoms with E-state index in [2.05, 4.69) is 10.2 Å². The average molecular weight is 430 g/mol. The molecule has 0 saturated carbocycles. The molecule has 0 saturated heterocycles. The summed E-state index contributed by atoms with van der Waals surface area (Å²) < 4.78 is 15.3. The second kappa shape index (κ2) is 8.35. The van der Waals surface area contributed by atoms with Gasteiger partial charge in [0.15, 0.2) is 11.0 Å². The van der Waals surface area contributed by atoms with Crippen molar-refractivity contribution in [2.45, 2.75) is 10.9 Å². The van der Waals surface area contributed by atoms with Crippen molar-refractivity contribution >= 4 is 35.0 Å². The minimum absolute atomic E-state index is 0.290. The number of hydrogen-bond acceptors (Lipinski definition) is 3. The van der Waals surface area contributed by atoms with E-state index in [1.54, 1.807) is 18.2 Å².